The highest BCUT2D eigenvalue weighted by Gasteiger charge is 2.15. The average molecular weight is 626 g/mol. The molecule has 0 unspecified atom stereocenters. The van der Waals surface area contributed by atoms with Crippen LogP contribution in [0.1, 0.15) is 0 Å². The second kappa shape index (κ2) is 9.96. The van der Waals surface area contributed by atoms with Gasteiger partial charge in [-0.1, -0.05) is 84.9 Å². The van der Waals surface area contributed by atoms with Crippen LogP contribution in [-0.2, 0) is 0 Å². The van der Waals surface area contributed by atoms with E-state index in [9.17, 15) is 0 Å². The van der Waals surface area contributed by atoms with Crippen LogP contribution in [0.5, 0.6) is 0 Å². The maximum atomic E-state index is 6.50. The van der Waals surface area contributed by atoms with Crippen molar-refractivity contribution in [1.29, 1.82) is 0 Å². The molecular formula is C46H27NO2. The lowest BCUT2D eigenvalue weighted by atomic mass is 9.97. The molecule has 228 valence electrons. The van der Waals surface area contributed by atoms with Gasteiger partial charge in [0.05, 0.1) is 11.0 Å². The van der Waals surface area contributed by atoms with Gasteiger partial charge in [-0.25, -0.2) is 0 Å². The summed E-state index contributed by atoms with van der Waals surface area (Å²) in [5.41, 5.74) is 11.8. The molecule has 0 atom stereocenters. The summed E-state index contributed by atoms with van der Waals surface area (Å²) in [7, 11) is 0. The highest BCUT2D eigenvalue weighted by Crippen LogP contribution is 2.39. The molecule has 0 spiro atoms. The van der Waals surface area contributed by atoms with Gasteiger partial charge >= 0.3 is 0 Å². The van der Waals surface area contributed by atoms with Gasteiger partial charge < -0.3 is 13.4 Å². The van der Waals surface area contributed by atoms with Crippen LogP contribution in [0.15, 0.2) is 173 Å². The van der Waals surface area contributed by atoms with Gasteiger partial charge in [0.15, 0.2) is 0 Å². The normalized spacial score (nSPS) is 12.1. The van der Waals surface area contributed by atoms with Crippen molar-refractivity contribution < 1.29 is 8.83 Å². The summed E-state index contributed by atoms with van der Waals surface area (Å²) in [5.74, 6) is 0. The van der Waals surface area contributed by atoms with Gasteiger partial charge in [0.2, 0.25) is 0 Å². The number of fused-ring (bicyclic) bond motifs is 10. The Labute approximate surface area is 280 Å². The molecule has 0 bridgehead atoms. The first kappa shape index (κ1) is 26.5. The lowest BCUT2D eigenvalue weighted by Crippen LogP contribution is -1.92. The molecule has 0 radical (unpaired) electrons. The van der Waals surface area contributed by atoms with Gasteiger partial charge in [0.1, 0.15) is 22.3 Å². The van der Waals surface area contributed by atoms with Crippen LogP contribution in [0.25, 0.3) is 104 Å². The van der Waals surface area contributed by atoms with E-state index in [2.05, 4.69) is 156 Å². The summed E-state index contributed by atoms with van der Waals surface area (Å²) in [4.78, 5) is 0. The van der Waals surface area contributed by atoms with Gasteiger partial charge in [-0.3, -0.25) is 0 Å². The minimum absolute atomic E-state index is 0.881. The molecule has 8 aromatic carbocycles. The molecule has 49 heavy (non-hydrogen) atoms. The summed E-state index contributed by atoms with van der Waals surface area (Å²) in [5, 5.41) is 9.31. The maximum absolute atomic E-state index is 6.50. The number of rotatable bonds is 3. The molecule has 3 heterocycles. The summed E-state index contributed by atoms with van der Waals surface area (Å²) < 4.78 is 15.0. The Morgan fingerprint density at radius 1 is 0.306 bits per heavy atom. The second-order valence-corrected chi connectivity index (χ2v) is 13.0. The zero-order valence-electron chi connectivity index (χ0n) is 26.4. The predicted molar refractivity (Wildman–Crippen MR) is 204 cm³/mol. The number of aromatic nitrogens is 1. The second-order valence-electron chi connectivity index (χ2n) is 13.0. The first-order valence-corrected chi connectivity index (χ1v) is 16.7. The van der Waals surface area contributed by atoms with Crippen LogP contribution >= 0.6 is 0 Å². The van der Waals surface area contributed by atoms with Crippen LogP contribution in [0.3, 0.4) is 0 Å². The fourth-order valence-corrected chi connectivity index (χ4v) is 7.81. The fraction of sp³-hybridized carbons (Fsp3) is 0. The predicted octanol–water partition coefficient (Wildman–Crippen LogP) is 13.1. The summed E-state index contributed by atoms with van der Waals surface area (Å²) in [6.07, 6.45) is 0. The van der Waals surface area contributed by atoms with Crippen molar-refractivity contribution in [1.82, 2.24) is 4.57 Å². The molecule has 0 saturated heterocycles. The van der Waals surface area contributed by atoms with Crippen molar-refractivity contribution in [2.24, 2.45) is 0 Å². The van der Waals surface area contributed by atoms with E-state index in [1.54, 1.807) is 0 Å². The van der Waals surface area contributed by atoms with Gasteiger partial charge in [-0.15, -0.1) is 0 Å². The van der Waals surface area contributed by atoms with E-state index in [-0.39, 0.29) is 0 Å². The number of para-hydroxylation sites is 3. The standard InChI is InChI=1S/C46H27NO2/c1-2-11-34(12-3-1)47-41-15-6-4-13-35(41)38-22-30(18-20-42(38)47)28-9-8-10-29(21-28)31-17-19-37-40-24-32-23-39-36-14-5-7-16-43(36)48-45(39)26-33(32)27-46(40)49-44(37)25-31/h1-27H. The number of hydrogen-bond acceptors (Lipinski definition) is 2. The number of furan rings is 2. The summed E-state index contributed by atoms with van der Waals surface area (Å²) in [6.45, 7) is 0. The molecule has 0 saturated carbocycles. The van der Waals surface area contributed by atoms with Crippen LogP contribution in [-0.4, -0.2) is 4.57 Å². The number of hydrogen-bond donors (Lipinski definition) is 0. The smallest absolute Gasteiger partial charge is 0.136 e. The van der Waals surface area contributed by atoms with Gasteiger partial charge in [-0.2, -0.15) is 0 Å². The topological polar surface area (TPSA) is 31.2 Å². The van der Waals surface area contributed by atoms with Gasteiger partial charge in [0, 0.05) is 38.0 Å². The minimum atomic E-state index is 0.881. The highest BCUT2D eigenvalue weighted by molar-refractivity contribution is 6.15. The fourth-order valence-electron chi connectivity index (χ4n) is 7.81. The molecule has 0 aliphatic heterocycles. The molecule has 0 amide bonds. The third-order valence-electron chi connectivity index (χ3n) is 10.1. The Morgan fingerprint density at radius 3 is 1.69 bits per heavy atom. The zero-order valence-corrected chi connectivity index (χ0v) is 26.4. The van der Waals surface area contributed by atoms with Crippen molar-refractivity contribution in [3.63, 3.8) is 0 Å². The van der Waals surface area contributed by atoms with Gasteiger partial charge in [-0.05, 0) is 112 Å². The zero-order chi connectivity index (χ0) is 32.1. The van der Waals surface area contributed by atoms with Crippen LogP contribution < -0.4 is 0 Å². The van der Waals surface area contributed by atoms with E-state index in [1.165, 1.54) is 44.0 Å². The molecule has 0 aliphatic carbocycles. The van der Waals surface area contributed by atoms with E-state index in [0.29, 0.717) is 0 Å². The van der Waals surface area contributed by atoms with Crippen LogP contribution in [0.2, 0.25) is 0 Å². The maximum Gasteiger partial charge on any atom is 0.136 e. The Bertz CT molecular complexity index is 3100. The minimum Gasteiger partial charge on any atom is -0.456 e. The number of benzene rings is 8. The molecule has 3 heteroatoms. The first-order chi connectivity index (χ1) is 24.2. The van der Waals surface area contributed by atoms with E-state index in [0.717, 1.165) is 60.4 Å². The molecular weight excluding hydrogens is 599 g/mol. The molecule has 3 nitrogen and oxygen atoms in total. The van der Waals surface area contributed by atoms with Crippen molar-refractivity contribution >= 4 is 76.5 Å². The van der Waals surface area contributed by atoms with Crippen molar-refractivity contribution in [2.45, 2.75) is 0 Å². The SMILES string of the molecule is c1ccc(-n2c3ccccc3c3cc(-c4cccc(-c5ccc6c(c5)oc5cc7cc8oc9ccccc9c8cc7cc56)c4)ccc32)cc1. The largest absolute Gasteiger partial charge is 0.456 e. The first-order valence-electron chi connectivity index (χ1n) is 16.7. The Balaban J connectivity index is 1.01. The average Bonchev–Trinajstić information content (AvgIpc) is 3.81. The lowest BCUT2D eigenvalue weighted by molar-refractivity contribution is 0.668. The molecule has 3 aromatic heterocycles. The highest BCUT2D eigenvalue weighted by atomic mass is 16.3. The van der Waals surface area contributed by atoms with Crippen molar-refractivity contribution in [2.75, 3.05) is 0 Å². The molecule has 0 N–H and O–H groups in total. The Hall–Kier alpha value is -6.58. The summed E-state index contributed by atoms with van der Waals surface area (Å²) >= 11 is 0. The Kier molecular flexibility index (Phi) is 5.38. The summed E-state index contributed by atoms with van der Waals surface area (Å²) in [6, 6.07) is 58.5. The molecule has 11 rings (SSSR count). The molecule has 11 aromatic rings. The lowest BCUT2D eigenvalue weighted by Gasteiger charge is -2.09. The third kappa shape index (κ3) is 3.96. The van der Waals surface area contributed by atoms with E-state index in [4.69, 9.17) is 8.83 Å². The van der Waals surface area contributed by atoms with Crippen molar-refractivity contribution in [3.05, 3.63) is 164 Å². The van der Waals surface area contributed by atoms with Crippen molar-refractivity contribution in [3.8, 4) is 27.9 Å². The van der Waals surface area contributed by atoms with E-state index >= 15 is 0 Å². The van der Waals surface area contributed by atoms with Crippen LogP contribution in [0.4, 0.5) is 0 Å². The third-order valence-corrected chi connectivity index (χ3v) is 10.1. The molecule has 0 fully saturated rings. The Morgan fingerprint density at radius 2 is 0.878 bits per heavy atom. The van der Waals surface area contributed by atoms with Crippen LogP contribution in [0, 0.1) is 0 Å². The monoisotopic (exact) mass is 625 g/mol. The van der Waals surface area contributed by atoms with E-state index in [1.807, 2.05) is 12.1 Å². The van der Waals surface area contributed by atoms with E-state index < -0.39 is 0 Å². The van der Waals surface area contributed by atoms with Gasteiger partial charge in [0.25, 0.3) is 0 Å². The number of nitrogens with zero attached hydrogens (tertiary/aromatic N) is 1. The molecule has 0 aliphatic rings. The quantitative estimate of drug-likeness (QED) is 0.196.